The molecule has 96 valence electrons. The molecule has 0 spiro atoms. The van der Waals surface area contributed by atoms with Gasteiger partial charge in [-0.25, -0.2) is 14.8 Å². The van der Waals surface area contributed by atoms with Crippen molar-refractivity contribution in [2.75, 3.05) is 24.6 Å². The van der Waals surface area contributed by atoms with E-state index >= 15 is 0 Å². The smallest absolute Gasteiger partial charge is 0.334 e. The fourth-order valence-electron chi connectivity index (χ4n) is 1.73. The minimum Gasteiger partial charge on any atom is -0.479 e. The van der Waals surface area contributed by atoms with Crippen LogP contribution >= 0.6 is 0 Å². The number of aliphatic carboxylic acids is 1. The largest absolute Gasteiger partial charge is 0.479 e. The number of carbonyl (C=O) groups excluding carboxylic acids is 1. The maximum Gasteiger partial charge on any atom is 0.334 e. The van der Waals surface area contributed by atoms with Crippen molar-refractivity contribution in [3.05, 3.63) is 18.1 Å². The Kier molecular flexibility index (Phi) is 3.38. The molecule has 18 heavy (non-hydrogen) atoms. The van der Waals surface area contributed by atoms with Crippen molar-refractivity contribution in [3.63, 3.8) is 0 Å². The highest BCUT2D eigenvalue weighted by Gasteiger charge is 2.29. The molecule has 0 saturated carbocycles. The van der Waals surface area contributed by atoms with Crippen LogP contribution in [0.4, 0.5) is 5.82 Å². The molecule has 1 atom stereocenters. The summed E-state index contributed by atoms with van der Waals surface area (Å²) in [6, 6.07) is 0. The SMILES string of the molecule is NC(=O)c1nccnc1N1CCOC(C(=O)O)C1. The lowest BCUT2D eigenvalue weighted by Crippen LogP contribution is -2.47. The molecule has 0 aromatic carbocycles. The molecule has 1 saturated heterocycles. The second-order valence-corrected chi connectivity index (χ2v) is 3.74. The first kappa shape index (κ1) is 12.2. The minimum atomic E-state index is -1.05. The zero-order valence-electron chi connectivity index (χ0n) is 9.44. The van der Waals surface area contributed by atoms with E-state index < -0.39 is 18.0 Å². The van der Waals surface area contributed by atoms with E-state index in [2.05, 4.69) is 9.97 Å². The third-order valence-electron chi connectivity index (χ3n) is 2.55. The maximum atomic E-state index is 11.2. The van der Waals surface area contributed by atoms with Crippen LogP contribution in [-0.4, -0.2) is 52.8 Å². The van der Waals surface area contributed by atoms with Crippen molar-refractivity contribution in [1.82, 2.24) is 9.97 Å². The van der Waals surface area contributed by atoms with Crippen LogP contribution in [0.3, 0.4) is 0 Å². The van der Waals surface area contributed by atoms with Crippen molar-refractivity contribution in [1.29, 1.82) is 0 Å². The van der Waals surface area contributed by atoms with Gasteiger partial charge in [-0.15, -0.1) is 0 Å². The molecule has 0 aliphatic carbocycles. The van der Waals surface area contributed by atoms with Gasteiger partial charge in [0, 0.05) is 18.9 Å². The third kappa shape index (κ3) is 2.38. The van der Waals surface area contributed by atoms with E-state index in [1.807, 2.05) is 0 Å². The summed E-state index contributed by atoms with van der Waals surface area (Å²) >= 11 is 0. The van der Waals surface area contributed by atoms with Crippen molar-refractivity contribution in [2.45, 2.75) is 6.10 Å². The Balaban J connectivity index is 2.26. The molecule has 1 aliphatic heterocycles. The molecule has 1 aliphatic rings. The quantitative estimate of drug-likeness (QED) is 0.698. The fraction of sp³-hybridized carbons (Fsp3) is 0.400. The van der Waals surface area contributed by atoms with E-state index in [9.17, 15) is 9.59 Å². The van der Waals surface area contributed by atoms with Gasteiger partial charge in [-0.1, -0.05) is 0 Å². The Labute approximate surface area is 102 Å². The van der Waals surface area contributed by atoms with Crippen LogP contribution in [0.2, 0.25) is 0 Å². The van der Waals surface area contributed by atoms with Crippen molar-refractivity contribution < 1.29 is 19.4 Å². The fourth-order valence-corrected chi connectivity index (χ4v) is 1.73. The number of primary amides is 1. The zero-order chi connectivity index (χ0) is 13.1. The van der Waals surface area contributed by atoms with Crippen molar-refractivity contribution in [3.8, 4) is 0 Å². The van der Waals surface area contributed by atoms with Gasteiger partial charge in [-0.3, -0.25) is 4.79 Å². The van der Waals surface area contributed by atoms with Crippen LogP contribution in [0.1, 0.15) is 10.5 Å². The molecule has 8 heteroatoms. The number of hydrogen-bond donors (Lipinski definition) is 2. The number of aromatic nitrogens is 2. The molecule has 1 amide bonds. The number of morpholine rings is 1. The number of nitrogens with two attached hydrogens (primary N) is 1. The second kappa shape index (κ2) is 4.96. The van der Waals surface area contributed by atoms with Gasteiger partial charge in [0.05, 0.1) is 13.2 Å². The molecule has 0 radical (unpaired) electrons. The summed E-state index contributed by atoms with van der Waals surface area (Å²) in [7, 11) is 0. The summed E-state index contributed by atoms with van der Waals surface area (Å²) in [4.78, 5) is 31.6. The normalized spacial score (nSPS) is 19.6. The van der Waals surface area contributed by atoms with Crippen LogP contribution < -0.4 is 10.6 Å². The summed E-state index contributed by atoms with van der Waals surface area (Å²) in [5.74, 6) is -1.46. The van der Waals surface area contributed by atoms with E-state index in [0.717, 1.165) is 0 Å². The molecule has 0 bridgehead atoms. The first-order valence-electron chi connectivity index (χ1n) is 5.29. The highest BCUT2D eigenvalue weighted by Crippen LogP contribution is 2.17. The van der Waals surface area contributed by atoms with Gasteiger partial charge in [0.1, 0.15) is 0 Å². The van der Waals surface area contributed by atoms with Crippen molar-refractivity contribution >= 4 is 17.7 Å². The highest BCUT2D eigenvalue weighted by molar-refractivity contribution is 5.95. The number of carboxylic acids is 1. The lowest BCUT2D eigenvalue weighted by atomic mass is 10.2. The molecule has 1 aromatic heterocycles. The van der Waals surface area contributed by atoms with Crippen LogP contribution in [0.15, 0.2) is 12.4 Å². The lowest BCUT2D eigenvalue weighted by Gasteiger charge is -2.32. The molecule has 2 heterocycles. The summed E-state index contributed by atoms with van der Waals surface area (Å²) < 4.78 is 5.09. The molecular weight excluding hydrogens is 240 g/mol. The third-order valence-corrected chi connectivity index (χ3v) is 2.55. The number of carbonyl (C=O) groups is 2. The second-order valence-electron chi connectivity index (χ2n) is 3.74. The van der Waals surface area contributed by atoms with Crippen LogP contribution in [0, 0.1) is 0 Å². The Bertz CT molecular complexity index is 479. The highest BCUT2D eigenvalue weighted by atomic mass is 16.5. The number of amides is 1. The summed E-state index contributed by atoms with van der Waals surface area (Å²) in [5.41, 5.74) is 5.23. The van der Waals surface area contributed by atoms with Gasteiger partial charge in [-0.05, 0) is 0 Å². The molecular formula is C10H12N4O4. The molecule has 1 fully saturated rings. The predicted octanol–water partition coefficient (Wildman–Crippen LogP) is -1.13. The maximum absolute atomic E-state index is 11.2. The summed E-state index contributed by atoms with van der Waals surface area (Å²) in [5, 5.41) is 8.90. The summed E-state index contributed by atoms with van der Waals surface area (Å²) in [6.07, 6.45) is 1.84. The Morgan fingerprint density at radius 2 is 2.17 bits per heavy atom. The van der Waals surface area contributed by atoms with Crippen molar-refractivity contribution in [2.24, 2.45) is 5.73 Å². The Morgan fingerprint density at radius 3 is 2.83 bits per heavy atom. The number of hydrogen-bond acceptors (Lipinski definition) is 6. The number of carboxylic acid groups (broad SMARTS) is 1. The number of nitrogens with zero attached hydrogens (tertiary/aromatic N) is 3. The van der Waals surface area contributed by atoms with Gasteiger partial charge in [0.25, 0.3) is 5.91 Å². The van der Waals surface area contributed by atoms with Gasteiger partial charge in [0.15, 0.2) is 17.6 Å². The predicted molar refractivity (Wildman–Crippen MR) is 60.1 cm³/mol. The molecule has 3 N–H and O–H groups in total. The molecule has 1 unspecified atom stereocenters. The first-order valence-corrected chi connectivity index (χ1v) is 5.29. The molecule has 8 nitrogen and oxygen atoms in total. The van der Waals surface area contributed by atoms with Crippen LogP contribution in [0.25, 0.3) is 0 Å². The minimum absolute atomic E-state index is 0.0311. The topological polar surface area (TPSA) is 119 Å². The van der Waals surface area contributed by atoms with Gasteiger partial charge in [-0.2, -0.15) is 0 Å². The van der Waals surface area contributed by atoms with E-state index in [-0.39, 0.29) is 18.8 Å². The monoisotopic (exact) mass is 252 g/mol. The molecule has 2 rings (SSSR count). The Morgan fingerprint density at radius 1 is 1.44 bits per heavy atom. The van der Waals surface area contributed by atoms with Gasteiger partial charge < -0.3 is 20.5 Å². The Hall–Kier alpha value is -2.22. The van der Waals surface area contributed by atoms with E-state index in [4.69, 9.17) is 15.6 Å². The van der Waals surface area contributed by atoms with Gasteiger partial charge in [0.2, 0.25) is 0 Å². The van der Waals surface area contributed by atoms with E-state index in [1.54, 1.807) is 4.90 Å². The lowest BCUT2D eigenvalue weighted by molar-refractivity contribution is -0.150. The zero-order valence-corrected chi connectivity index (χ0v) is 9.44. The average Bonchev–Trinajstić information content (AvgIpc) is 2.39. The number of rotatable bonds is 3. The first-order chi connectivity index (χ1) is 8.59. The number of ether oxygens (including phenoxy) is 1. The van der Waals surface area contributed by atoms with Crippen LogP contribution in [-0.2, 0) is 9.53 Å². The average molecular weight is 252 g/mol. The molecule has 1 aromatic rings. The van der Waals surface area contributed by atoms with E-state index in [1.165, 1.54) is 12.4 Å². The summed E-state index contributed by atoms with van der Waals surface area (Å²) in [6.45, 7) is 0.781. The number of anilines is 1. The van der Waals surface area contributed by atoms with E-state index in [0.29, 0.717) is 12.4 Å². The standard InChI is InChI=1S/C10H12N4O4/c11-8(15)7-9(13-2-1-12-7)14-3-4-18-6(5-14)10(16)17/h1-2,6H,3-5H2,(H2,11,15)(H,16,17). The van der Waals surface area contributed by atoms with Gasteiger partial charge >= 0.3 is 5.97 Å². The van der Waals surface area contributed by atoms with Crippen LogP contribution in [0.5, 0.6) is 0 Å².